The summed E-state index contributed by atoms with van der Waals surface area (Å²) in [4.78, 5) is 33.4. The number of aliphatic hydroxyl groups is 1. The average molecular weight is 402 g/mol. The van der Waals surface area contributed by atoms with Crippen molar-refractivity contribution < 1.29 is 34.8 Å². The summed E-state index contributed by atoms with van der Waals surface area (Å²) in [5, 5.41) is 30.4. The molecule has 0 radical (unpaired) electrons. The van der Waals surface area contributed by atoms with E-state index in [4.69, 9.17) is 10.1 Å². The highest BCUT2D eigenvalue weighted by Gasteiger charge is 2.38. The van der Waals surface area contributed by atoms with Gasteiger partial charge in [0.2, 0.25) is 5.91 Å². The van der Waals surface area contributed by atoms with E-state index in [1.807, 2.05) is 0 Å². The van der Waals surface area contributed by atoms with Crippen LogP contribution in [0.5, 0.6) is 0 Å². The minimum atomic E-state index is -1.03. The Labute approximate surface area is 165 Å². The molecule has 0 bridgehead atoms. The van der Waals surface area contributed by atoms with Crippen LogP contribution in [0.3, 0.4) is 0 Å². The second kappa shape index (κ2) is 12.3. The number of hydrogen-bond donors (Lipinski definition) is 5. The maximum absolute atomic E-state index is 12.3. The number of carboxylic acids is 1. The number of carbonyl (C=O) groups excluding carboxylic acids is 1. The molecule has 5 N–H and O–H groups in total. The van der Waals surface area contributed by atoms with E-state index in [-0.39, 0.29) is 12.3 Å². The van der Waals surface area contributed by atoms with E-state index in [0.29, 0.717) is 57.4 Å². The van der Waals surface area contributed by atoms with Crippen LogP contribution >= 0.6 is 0 Å². The largest absolute Gasteiger partial charge is 0.481 e. The van der Waals surface area contributed by atoms with Gasteiger partial charge in [-0.1, -0.05) is 12.8 Å². The Morgan fingerprint density at radius 1 is 0.964 bits per heavy atom. The fourth-order valence-electron chi connectivity index (χ4n) is 4.30. The number of amides is 1. The zero-order valence-electron chi connectivity index (χ0n) is 16.3. The Hall–Kier alpha value is -1.26. The lowest BCUT2D eigenvalue weighted by molar-refractivity contribution is -0.256. The Kier molecular flexibility index (Phi) is 10.1. The molecule has 0 spiro atoms. The van der Waals surface area contributed by atoms with Crippen LogP contribution in [0.2, 0.25) is 0 Å². The van der Waals surface area contributed by atoms with Crippen molar-refractivity contribution in [3.8, 4) is 0 Å². The first kappa shape index (κ1) is 23.0. The van der Waals surface area contributed by atoms with Crippen molar-refractivity contribution in [2.45, 2.75) is 57.5 Å². The molecule has 0 aromatic rings. The van der Waals surface area contributed by atoms with Crippen molar-refractivity contribution in [2.75, 3.05) is 26.3 Å². The van der Waals surface area contributed by atoms with E-state index in [1.165, 1.54) is 0 Å². The van der Waals surface area contributed by atoms with Crippen LogP contribution in [0.1, 0.15) is 51.4 Å². The molecule has 1 amide bonds. The van der Waals surface area contributed by atoms with Crippen LogP contribution < -0.4 is 10.8 Å². The van der Waals surface area contributed by atoms with Gasteiger partial charge in [-0.3, -0.25) is 14.8 Å². The monoisotopic (exact) mass is 402 g/mol. The summed E-state index contributed by atoms with van der Waals surface area (Å²) in [6.45, 7) is 1.91. The molecule has 0 saturated heterocycles. The van der Waals surface area contributed by atoms with Gasteiger partial charge in [-0.05, 0) is 50.4 Å². The summed E-state index contributed by atoms with van der Waals surface area (Å²) in [6, 6.07) is 0. The molecular formula is C19H34N2O7. The highest BCUT2D eigenvalue weighted by Crippen LogP contribution is 2.31. The molecule has 2 aliphatic carbocycles. The van der Waals surface area contributed by atoms with Crippen LogP contribution in [0.4, 0.5) is 0 Å². The second-order valence-electron chi connectivity index (χ2n) is 7.97. The standard InChI is InChI=1S/C19H34N2O7/c22-15-6-7-16(17(10-15)19(24)25)18(23)20-8-3-9-21-27-11-13-4-1-2-5-14(13)12-28-26/h13-17,21-22,26H,1-12H2,(H,20,23)(H,24,25). The fraction of sp³-hybridized carbons (Fsp3) is 0.895. The van der Waals surface area contributed by atoms with Crippen LogP contribution in [0.15, 0.2) is 0 Å². The number of carbonyl (C=O) groups is 2. The van der Waals surface area contributed by atoms with Crippen LogP contribution in [-0.4, -0.2) is 59.8 Å². The van der Waals surface area contributed by atoms with Gasteiger partial charge in [0.05, 0.1) is 31.2 Å². The van der Waals surface area contributed by atoms with Gasteiger partial charge in [0.25, 0.3) is 0 Å². The van der Waals surface area contributed by atoms with Crippen molar-refractivity contribution >= 4 is 11.9 Å². The van der Waals surface area contributed by atoms with E-state index in [1.54, 1.807) is 0 Å². The van der Waals surface area contributed by atoms with Gasteiger partial charge in [0.1, 0.15) is 0 Å². The smallest absolute Gasteiger partial charge is 0.307 e. The summed E-state index contributed by atoms with van der Waals surface area (Å²) in [7, 11) is 0. The number of aliphatic carboxylic acids is 1. The van der Waals surface area contributed by atoms with Crippen molar-refractivity contribution in [3.63, 3.8) is 0 Å². The first-order valence-electron chi connectivity index (χ1n) is 10.3. The van der Waals surface area contributed by atoms with E-state index in [2.05, 4.69) is 15.7 Å². The van der Waals surface area contributed by atoms with Gasteiger partial charge in [-0.2, -0.15) is 0 Å². The molecule has 2 rings (SSSR count). The number of nitrogens with one attached hydrogen (secondary N) is 2. The first-order valence-corrected chi connectivity index (χ1v) is 10.3. The van der Waals surface area contributed by atoms with Crippen molar-refractivity contribution in [1.82, 2.24) is 10.8 Å². The molecular weight excluding hydrogens is 368 g/mol. The third-order valence-electron chi connectivity index (χ3n) is 5.99. The van der Waals surface area contributed by atoms with Gasteiger partial charge in [0.15, 0.2) is 0 Å². The van der Waals surface area contributed by atoms with Gasteiger partial charge >= 0.3 is 5.97 Å². The fourth-order valence-corrected chi connectivity index (χ4v) is 4.30. The molecule has 0 aromatic carbocycles. The first-order chi connectivity index (χ1) is 13.5. The number of hydroxylamine groups is 1. The Bertz CT molecular complexity index is 489. The highest BCUT2D eigenvalue weighted by atomic mass is 17.1. The summed E-state index contributed by atoms with van der Waals surface area (Å²) >= 11 is 0. The maximum Gasteiger partial charge on any atom is 0.307 e. The number of rotatable bonds is 11. The SMILES string of the molecule is O=C(O)C1CC(O)CCC1C(=O)NCCCNOCC1CCCCC1COO. The summed E-state index contributed by atoms with van der Waals surface area (Å²) in [5.41, 5.74) is 2.90. The summed E-state index contributed by atoms with van der Waals surface area (Å²) in [6.07, 6.45) is 5.42. The Morgan fingerprint density at radius 2 is 1.68 bits per heavy atom. The number of aliphatic hydroxyl groups excluding tert-OH is 1. The highest BCUT2D eigenvalue weighted by molar-refractivity contribution is 5.84. The molecule has 0 aliphatic heterocycles. The average Bonchev–Trinajstić information content (AvgIpc) is 2.68. The minimum absolute atomic E-state index is 0.131. The van der Waals surface area contributed by atoms with Crippen LogP contribution in [0, 0.1) is 23.7 Å². The van der Waals surface area contributed by atoms with Gasteiger partial charge < -0.3 is 20.4 Å². The van der Waals surface area contributed by atoms with Crippen molar-refractivity contribution in [1.29, 1.82) is 0 Å². The molecule has 9 nitrogen and oxygen atoms in total. The molecule has 2 aliphatic rings. The minimum Gasteiger partial charge on any atom is -0.481 e. The van der Waals surface area contributed by atoms with Gasteiger partial charge in [-0.25, -0.2) is 10.4 Å². The summed E-state index contributed by atoms with van der Waals surface area (Å²) < 4.78 is 0. The molecule has 28 heavy (non-hydrogen) atoms. The van der Waals surface area contributed by atoms with E-state index in [0.717, 1.165) is 25.7 Å². The van der Waals surface area contributed by atoms with Gasteiger partial charge in [0, 0.05) is 13.1 Å². The topological polar surface area (TPSA) is 137 Å². The quantitative estimate of drug-likeness (QED) is 0.197. The zero-order valence-corrected chi connectivity index (χ0v) is 16.3. The Morgan fingerprint density at radius 3 is 2.36 bits per heavy atom. The predicted molar refractivity (Wildman–Crippen MR) is 100 cm³/mol. The summed E-state index contributed by atoms with van der Waals surface area (Å²) in [5.74, 6) is -2.01. The number of hydrogen-bond acceptors (Lipinski definition) is 7. The second-order valence-corrected chi connectivity index (χ2v) is 7.97. The molecule has 9 heteroatoms. The normalized spacial score (nSPS) is 30.7. The lowest BCUT2D eigenvalue weighted by Crippen LogP contribution is -2.43. The zero-order chi connectivity index (χ0) is 20.4. The molecule has 0 aromatic heterocycles. The third kappa shape index (κ3) is 7.29. The lowest BCUT2D eigenvalue weighted by Gasteiger charge is -2.30. The molecule has 0 heterocycles. The lowest BCUT2D eigenvalue weighted by atomic mass is 9.77. The van der Waals surface area contributed by atoms with E-state index >= 15 is 0 Å². The van der Waals surface area contributed by atoms with Gasteiger partial charge in [-0.15, -0.1) is 0 Å². The van der Waals surface area contributed by atoms with E-state index in [9.17, 15) is 19.8 Å². The van der Waals surface area contributed by atoms with Crippen LogP contribution in [0.25, 0.3) is 0 Å². The number of carboxylic acid groups (broad SMARTS) is 1. The predicted octanol–water partition coefficient (Wildman–Crippen LogP) is 1.17. The Balaban J connectivity index is 1.57. The maximum atomic E-state index is 12.3. The van der Waals surface area contributed by atoms with Crippen molar-refractivity contribution in [3.05, 3.63) is 0 Å². The third-order valence-corrected chi connectivity index (χ3v) is 5.99. The molecule has 5 atom stereocenters. The molecule has 2 saturated carbocycles. The molecule has 5 unspecified atom stereocenters. The van der Waals surface area contributed by atoms with Crippen LogP contribution in [-0.2, 0) is 19.3 Å². The molecule has 2 fully saturated rings. The molecule has 162 valence electrons. The van der Waals surface area contributed by atoms with Crippen molar-refractivity contribution in [2.24, 2.45) is 23.7 Å². The van der Waals surface area contributed by atoms with E-state index < -0.39 is 23.9 Å².